The van der Waals surface area contributed by atoms with Crippen LogP contribution >= 0.6 is 0 Å². The third-order valence-corrected chi connectivity index (χ3v) is 3.89. The SMILES string of the molecule is Cc1nn(-c2ccccc2)c2ncnc(C(=O)c3ccccc3)c12. The molecule has 0 unspecified atom stereocenters. The van der Waals surface area contributed by atoms with Gasteiger partial charge in [0.2, 0.25) is 5.78 Å². The Labute approximate surface area is 138 Å². The molecule has 116 valence electrons. The van der Waals surface area contributed by atoms with Crippen molar-refractivity contribution < 1.29 is 4.79 Å². The van der Waals surface area contributed by atoms with E-state index in [4.69, 9.17) is 0 Å². The minimum Gasteiger partial charge on any atom is -0.287 e. The lowest BCUT2D eigenvalue weighted by Crippen LogP contribution is -2.06. The van der Waals surface area contributed by atoms with Crippen LogP contribution in [0, 0.1) is 6.92 Å². The predicted molar refractivity (Wildman–Crippen MR) is 91.3 cm³/mol. The van der Waals surface area contributed by atoms with Crippen LogP contribution in [0.4, 0.5) is 0 Å². The van der Waals surface area contributed by atoms with Gasteiger partial charge in [-0.3, -0.25) is 4.79 Å². The average Bonchev–Trinajstić information content (AvgIpc) is 3.00. The molecule has 0 aliphatic rings. The standard InChI is InChI=1S/C19H14N4O/c1-13-16-17(18(24)14-8-4-2-5-9-14)20-12-21-19(16)23(22-13)15-10-6-3-7-11-15/h2-12H,1H3. The lowest BCUT2D eigenvalue weighted by Gasteiger charge is -2.04. The van der Waals surface area contributed by atoms with E-state index in [-0.39, 0.29) is 5.78 Å². The van der Waals surface area contributed by atoms with E-state index >= 15 is 0 Å². The van der Waals surface area contributed by atoms with Gasteiger partial charge in [-0.15, -0.1) is 0 Å². The molecule has 0 bridgehead atoms. The number of benzene rings is 2. The number of hydrogen-bond donors (Lipinski definition) is 0. The summed E-state index contributed by atoms with van der Waals surface area (Å²) in [6.07, 6.45) is 1.42. The molecule has 24 heavy (non-hydrogen) atoms. The zero-order valence-corrected chi connectivity index (χ0v) is 13.0. The maximum Gasteiger partial charge on any atom is 0.212 e. The Morgan fingerprint density at radius 2 is 1.58 bits per heavy atom. The highest BCUT2D eigenvalue weighted by Crippen LogP contribution is 2.23. The molecule has 0 saturated carbocycles. The van der Waals surface area contributed by atoms with E-state index in [9.17, 15) is 4.79 Å². The highest BCUT2D eigenvalue weighted by molar-refractivity contribution is 6.14. The maximum absolute atomic E-state index is 12.8. The van der Waals surface area contributed by atoms with Gasteiger partial charge in [0.1, 0.15) is 12.0 Å². The van der Waals surface area contributed by atoms with Crippen LogP contribution in [0.3, 0.4) is 0 Å². The van der Waals surface area contributed by atoms with Gasteiger partial charge in [-0.1, -0.05) is 48.5 Å². The number of carbonyl (C=O) groups excluding carboxylic acids is 1. The zero-order valence-electron chi connectivity index (χ0n) is 13.0. The largest absolute Gasteiger partial charge is 0.287 e. The molecule has 0 atom stereocenters. The minimum atomic E-state index is -0.126. The van der Waals surface area contributed by atoms with E-state index in [1.165, 1.54) is 6.33 Å². The highest BCUT2D eigenvalue weighted by Gasteiger charge is 2.20. The Morgan fingerprint density at radius 3 is 2.29 bits per heavy atom. The molecule has 0 aliphatic carbocycles. The molecule has 5 heteroatoms. The van der Waals surface area contributed by atoms with Crippen molar-refractivity contribution in [2.24, 2.45) is 0 Å². The van der Waals surface area contributed by atoms with Gasteiger partial charge in [0.25, 0.3) is 0 Å². The number of ketones is 1. The number of hydrogen-bond acceptors (Lipinski definition) is 4. The molecule has 4 rings (SSSR count). The molecule has 0 fully saturated rings. The van der Waals surface area contributed by atoms with Crippen LogP contribution in [0.1, 0.15) is 21.7 Å². The number of nitrogens with zero attached hydrogens (tertiary/aromatic N) is 4. The van der Waals surface area contributed by atoms with Gasteiger partial charge in [-0.2, -0.15) is 5.10 Å². The third-order valence-electron chi connectivity index (χ3n) is 3.89. The molecular weight excluding hydrogens is 300 g/mol. The number of aryl methyl sites for hydroxylation is 1. The molecule has 4 aromatic rings. The van der Waals surface area contributed by atoms with Crippen molar-refractivity contribution in [1.29, 1.82) is 0 Å². The highest BCUT2D eigenvalue weighted by atomic mass is 16.1. The molecule has 2 aromatic carbocycles. The summed E-state index contributed by atoms with van der Waals surface area (Å²) in [6, 6.07) is 18.9. The van der Waals surface area contributed by atoms with Crippen LogP contribution in [0.5, 0.6) is 0 Å². The van der Waals surface area contributed by atoms with Gasteiger partial charge in [0.05, 0.1) is 16.8 Å². The van der Waals surface area contributed by atoms with Crippen molar-refractivity contribution in [1.82, 2.24) is 19.7 Å². The lowest BCUT2D eigenvalue weighted by molar-refractivity contribution is 0.103. The van der Waals surface area contributed by atoms with Crippen molar-refractivity contribution in [3.63, 3.8) is 0 Å². The smallest absolute Gasteiger partial charge is 0.212 e. The van der Waals surface area contributed by atoms with Crippen LogP contribution in [0.15, 0.2) is 67.0 Å². The summed E-state index contributed by atoms with van der Waals surface area (Å²) in [4.78, 5) is 21.4. The first-order valence-corrected chi connectivity index (χ1v) is 7.61. The average molecular weight is 314 g/mol. The van der Waals surface area contributed by atoms with E-state index in [0.29, 0.717) is 22.3 Å². The fraction of sp³-hybridized carbons (Fsp3) is 0.0526. The molecule has 5 nitrogen and oxygen atoms in total. The first-order valence-electron chi connectivity index (χ1n) is 7.61. The molecule has 0 amide bonds. The number of aromatic nitrogens is 4. The maximum atomic E-state index is 12.8. The van der Waals surface area contributed by atoms with Crippen LogP contribution in [0.2, 0.25) is 0 Å². The van der Waals surface area contributed by atoms with Crippen molar-refractivity contribution in [2.45, 2.75) is 6.92 Å². The molecule has 0 radical (unpaired) electrons. The van der Waals surface area contributed by atoms with Crippen molar-refractivity contribution in [3.8, 4) is 5.69 Å². The van der Waals surface area contributed by atoms with Crippen LogP contribution in [-0.2, 0) is 0 Å². The van der Waals surface area contributed by atoms with Crippen molar-refractivity contribution >= 4 is 16.8 Å². The summed E-state index contributed by atoms with van der Waals surface area (Å²) in [5.41, 5.74) is 3.24. The summed E-state index contributed by atoms with van der Waals surface area (Å²) >= 11 is 0. The number of carbonyl (C=O) groups is 1. The predicted octanol–water partition coefficient (Wildman–Crippen LogP) is 3.35. The Morgan fingerprint density at radius 1 is 0.917 bits per heavy atom. The number of para-hydroxylation sites is 1. The van der Waals surface area contributed by atoms with E-state index < -0.39 is 0 Å². The minimum absolute atomic E-state index is 0.126. The lowest BCUT2D eigenvalue weighted by atomic mass is 10.1. The Balaban J connectivity index is 1.93. The van der Waals surface area contributed by atoms with E-state index in [0.717, 1.165) is 11.4 Å². The quantitative estimate of drug-likeness (QED) is 0.544. The van der Waals surface area contributed by atoms with Gasteiger partial charge in [-0.05, 0) is 19.1 Å². The van der Waals surface area contributed by atoms with E-state index in [1.54, 1.807) is 16.8 Å². The van der Waals surface area contributed by atoms with Crippen molar-refractivity contribution in [3.05, 3.63) is 83.9 Å². The molecule has 0 N–H and O–H groups in total. The number of rotatable bonds is 3. The van der Waals surface area contributed by atoms with Crippen LogP contribution in [0.25, 0.3) is 16.7 Å². The summed E-state index contributed by atoms with van der Waals surface area (Å²) in [5.74, 6) is -0.126. The van der Waals surface area contributed by atoms with Gasteiger partial charge in [0, 0.05) is 5.56 Å². The first kappa shape index (κ1) is 14.3. The normalized spacial score (nSPS) is 10.9. The molecule has 2 heterocycles. The third kappa shape index (κ3) is 2.27. The summed E-state index contributed by atoms with van der Waals surface area (Å²) in [7, 11) is 0. The fourth-order valence-corrected chi connectivity index (χ4v) is 2.77. The number of fused-ring (bicyclic) bond motifs is 1. The van der Waals surface area contributed by atoms with Gasteiger partial charge < -0.3 is 0 Å². The van der Waals surface area contributed by atoms with Crippen LogP contribution in [-0.4, -0.2) is 25.5 Å². The molecular formula is C19H14N4O. The summed E-state index contributed by atoms with van der Waals surface area (Å²) < 4.78 is 1.74. The topological polar surface area (TPSA) is 60.7 Å². The fourth-order valence-electron chi connectivity index (χ4n) is 2.77. The molecule has 0 aliphatic heterocycles. The molecule has 0 saturated heterocycles. The Hall–Kier alpha value is -3.34. The van der Waals surface area contributed by atoms with Crippen LogP contribution < -0.4 is 0 Å². The summed E-state index contributed by atoms with van der Waals surface area (Å²) in [5, 5.41) is 5.25. The second-order valence-electron chi connectivity index (χ2n) is 5.45. The second-order valence-corrected chi connectivity index (χ2v) is 5.45. The van der Waals surface area contributed by atoms with Gasteiger partial charge in [-0.25, -0.2) is 14.6 Å². The van der Waals surface area contributed by atoms with Gasteiger partial charge >= 0.3 is 0 Å². The second kappa shape index (κ2) is 5.70. The van der Waals surface area contributed by atoms with Crippen molar-refractivity contribution in [2.75, 3.05) is 0 Å². The Kier molecular flexibility index (Phi) is 3.39. The monoisotopic (exact) mass is 314 g/mol. The molecule has 0 spiro atoms. The zero-order chi connectivity index (χ0) is 16.5. The Bertz CT molecular complexity index is 1020. The molecule has 2 aromatic heterocycles. The van der Waals surface area contributed by atoms with Gasteiger partial charge in [0.15, 0.2) is 5.65 Å². The van der Waals surface area contributed by atoms with E-state index in [1.807, 2.05) is 55.5 Å². The summed E-state index contributed by atoms with van der Waals surface area (Å²) in [6.45, 7) is 1.87. The van der Waals surface area contributed by atoms with E-state index in [2.05, 4.69) is 15.1 Å². The first-order chi connectivity index (χ1) is 11.8.